The lowest BCUT2D eigenvalue weighted by molar-refractivity contribution is 0.608. The quantitative estimate of drug-likeness (QED) is 0.531. The van der Waals surface area contributed by atoms with Crippen molar-refractivity contribution in [3.63, 3.8) is 0 Å². The Kier molecular flexibility index (Phi) is 5.99. The van der Waals surface area contributed by atoms with Crippen LogP contribution in [-0.4, -0.2) is 0 Å². The zero-order chi connectivity index (χ0) is 11.8. The summed E-state index contributed by atoms with van der Waals surface area (Å²) < 4.78 is 0. The number of nitrogens with two attached hydrogens (primary N) is 1. The topological polar surface area (TPSA) is 26.0 Å². The van der Waals surface area contributed by atoms with E-state index in [1.165, 1.54) is 49.7 Å². The van der Waals surface area contributed by atoms with Crippen molar-refractivity contribution in [1.29, 1.82) is 0 Å². The van der Waals surface area contributed by atoms with Crippen LogP contribution in [-0.2, 0) is 6.42 Å². The highest BCUT2D eigenvalue weighted by atomic mass is 14.6. The van der Waals surface area contributed by atoms with E-state index in [0.29, 0.717) is 0 Å². The monoisotopic (exact) mass is 219 g/mol. The molecule has 90 valence electrons. The summed E-state index contributed by atoms with van der Waals surface area (Å²) in [5.74, 6) is 0. The predicted molar refractivity (Wildman–Crippen MR) is 72.7 cm³/mol. The van der Waals surface area contributed by atoms with E-state index in [9.17, 15) is 0 Å². The number of aryl methyl sites for hydroxylation is 2. The number of unbranched alkanes of at least 4 members (excludes halogenated alkanes) is 5. The van der Waals surface area contributed by atoms with Crippen molar-refractivity contribution < 1.29 is 0 Å². The highest BCUT2D eigenvalue weighted by Crippen LogP contribution is 2.19. The van der Waals surface area contributed by atoms with Gasteiger partial charge in [-0.05, 0) is 30.9 Å². The Labute approximate surface area is 100 Å². The molecule has 0 saturated heterocycles. The Morgan fingerprint density at radius 1 is 1.00 bits per heavy atom. The third kappa shape index (κ3) is 4.26. The first-order valence-corrected chi connectivity index (χ1v) is 6.59. The van der Waals surface area contributed by atoms with Gasteiger partial charge in [0.25, 0.3) is 0 Å². The first-order chi connectivity index (χ1) is 7.75. The van der Waals surface area contributed by atoms with Crippen LogP contribution in [0.25, 0.3) is 0 Å². The fourth-order valence-electron chi connectivity index (χ4n) is 2.06. The van der Waals surface area contributed by atoms with Crippen molar-refractivity contribution in [1.82, 2.24) is 0 Å². The lowest BCUT2D eigenvalue weighted by Gasteiger charge is -2.07. The van der Waals surface area contributed by atoms with Crippen LogP contribution < -0.4 is 5.73 Å². The largest absolute Gasteiger partial charge is 0.398 e. The molecule has 0 amide bonds. The van der Waals surface area contributed by atoms with Gasteiger partial charge in [0.15, 0.2) is 0 Å². The van der Waals surface area contributed by atoms with E-state index in [2.05, 4.69) is 32.0 Å². The van der Waals surface area contributed by atoms with Crippen LogP contribution in [0.15, 0.2) is 18.2 Å². The second-order valence-electron chi connectivity index (χ2n) is 4.67. The van der Waals surface area contributed by atoms with Gasteiger partial charge >= 0.3 is 0 Å². The average Bonchev–Trinajstić information content (AvgIpc) is 2.29. The average molecular weight is 219 g/mol. The maximum Gasteiger partial charge on any atom is 0.0376 e. The zero-order valence-electron chi connectivity index (χ0n) is 10.8. The van der Waals surface area contributed by atoms with E-state index in [0.717, 1.165) is 12.1 Å². The summed E-state index contributed by atoms with van der Waals surface area (Å²) in [6.45, 7) is 4.34. The van der Waals surface area contributed by atoms with Crippen molar-refractivity contribution in [2.24, 2.45) is 0 Å². The third-order valence-corrected chi connectivity index (χ3v) is 3.21. The molecule has 0 fully saturated rings. The fourth-order valence-corrected chi connectivity index (χ4v) is 2.06. The van der Waals surface area contributed by atoms with Gasteiger partial charge in [-0.1, -0.05) is 57.2 Å². The number of rotatable bonds is 7. The normalized spacial score (nSPS) is 10.6. The van der Waals surface area contributed by atoms with E-state index < -0.39 is 0 Å². The Bertz CT molecular complexity index is 304. The third-order valence-electron chi connectivity index (χ3n) is 3.21. The van der Waals surface area contributed by atoms with E-state index in [4.69, 9.17) is 5.73 Å². The van der Waals surface area contributed by atoms with Gasteiger partial charge in [0.2, 0.25) is 0 Å². The van der Waals surface area contributed by atoms with Crippen LogP contribution >= 0.6 is 0 Å². The molecule has 0 heterocycles. The summed E-state index contributed by atoms with van der Waals surface area (Å²) in [4.78, 5) is 0. The molecule has 0 bridgehead atoms. The molecule has 0 aliphatic rings. The Morgan fingerprint density at radius 3 is 2.44 bits per heavy atom. The zero-order valence-corrected chi connectivity index (χ0v) is 10.8. The molecule has 1 heteroatoms. The first-order valence-electron chi connectivity index (χ1n) is 6.59. The van der Waals surface area contributed by atoms with Gasteiger partial charge in [0, 0.05) is 5.69 Å². The Balaban J connectivity index is 2.24. The highest BCUT2D eigenvalue weighted by Gasteiger charge is 2.00. The van der Waals surface area contributed by atoms with Crippen LogP contribution in [0.5, 0.6) is 0 Å². The molecule has 0 unspecified atom stereocenters. The lowest BCUT2D eigenvalue weighted by atomic mass is 10.0. The molecule has 0 radical (unpaired) electrons. The molecular formula is C15H25N. The molecule has 0 aromatic heterocycles. The minimum atomic E-state index is 0.996. The van der Waals surface area contributed by atoms with Gasteiger partial charge in [-0.25, -0.2) is 0 Å². The number of hydrogen-bond donors (Lipinski definition) is 1. The summed E-state index contributed by atoms with van der Waals surface area (Å²) in [6.07, 6.45) is 9.22. The molecule has 1 aromatic carbocycles. The molecule has 1 nitrogen and oxygen atoms in total. The van der Waals surface area contributed by atoms with E-state index in [1.54, 1.807) is 0 Å². The Morgan fingerprint density at radius 2 is 1.69 bits per heavy atom. The van der Waals surface area contributed by atoms with E-state index in [1.807, 2.05) is 0 Å². The predicted octanol–water partition coefficient (Wildman–Crippen LogP) is 4.48. The summed E-state index contributed by atoms with van der Waals surface area (Å²) in [5.41, 5.74) is 9.58. The maximum absolute atomic E-state index is 6.05. The summed E-state index contributed by atoms with van der Waals surface area (Å²) in [6, 6.07) is 6.35. The second kappa shape index (κ2) is 7.32. The minimum Gasteiger partial charge on any atom is -0.398 e. The molecule has 16 heavy (non-hydrogen) atoms. The lowest BCUT2D eigenvalue weighted by Crippen LogP contribution is -1.97. The van der Waals surface area contributed by atoms with Gasteiger partial charge in [-0.15, -0.1) is 0 Å². The van der Waals surface area contributed by atoms with Crippen molar-refractivity contribution in [2.75, 3.05) is 5.73 Å². The van der Waals surface area contributed by atoms with Crippen LogP contribution in [0.4, 0.5) is 5.69 Å². The van der Waals surface area contributed by atoms with Gasteiger partial charge in [-0.2, -0.15) is 0 Å². The SMILES string of the molecule is CCCCCCCCc1cccc(C)c1N. The number of hydrogen-bond acceptors (Lipinski definition) is 1. The molecule has 0 spiro atoms. The van der Waals surface area contributed by atoms with Gasteiger partial charge in [-0.3, -0.25) is 0 Å². The molecular weight excluding hydrogens is 194 g/mol. The molecule has 2 N–H and O–H groups in total. The van der Waals surface area contributed by atoms with Crippen LogP contribution in [0.3, 0.4) is 0 Å². The van der Waals surface area contributed by atoms with Gasteiger partial charge in [0.05, 0.1) is 0 Å². The highest BCUT2D eigenvalue weighted by molar-refractivity contribution is 5.53. The summed E-state index contributed by atoms with van der Waals surface area (Å²) >= 11 is 0. The molecule has 0 aliphatic heterocycles. The standard InChI is InChI=1S/C15H25N/c1-3-4-5-6-7-8-11-14-12-9-10-13(2)15(14)16/h9-10,12H,3-8,11,16H2,1-2H3. The number of anilines is 1. The van der Waals surface area contributed by atoms with Crippen LogP contribution in [0.1, 0.15) is 56.6 Å². The smallest absolute Gasteiger partial charge is 0.0376 e. The first kappa shape index (κ1) is 13.1. The molecule has 0 aliphatic carbocycles. The maximum atomic E-state index is 6.05. The Hall–Kier alpha value is -0.980. The van der Waals surface area contributed by atoms with Crippen LogP contribution in [0.2, 0.25) is 0 Å². The minimum absolute atomic E-state index is 0.996. The molecule has 0 saturated carbocycles. The molecule has 1 aromatic rings. The molecule has 0 atom stereocenters. The van der Waals surface area contributed by atoms with Crippen molar-refractivity contribution in [3.05, 3.63) is 29.3 Å². The number of nitrogen functional groups attached to an aromatic ring is 1. The second-order valence-corrected chi connectivity index (χ2v) is 4.67. The van der Waals surface area contributed by atoms with E-state index in [-0.39, 0.29) is 0 Å². The fraction of sp³-hybridized carbons (Fsp3) is 0.600. The van der Waals surface area contributed by atoms with Crippen LogP contribution in [0, 0.1) is 6.92 Å². The summed E-state index contributed by atoms with van der Waals surface area (Å²) in [5, 5.41) is 0. The van der Waals surface area contributed by atoms with Crippen molar-refractivity contribution in [2.45, 2.75) is 58.8 Å². The summed E-state index contributed by atoms with van der Waals surface area (Å²) in [7, 11) is 0. The van der Waals surface area contributed by atoms with Crippen molar-refractivity contribution >= 4 is 5.69 Å². The van der Waals surface area contributed by atoms with E-state index >= 15 is 0 Å². The number of para-hydroxylation sites is 1. The van der Waals surface area contributed by atoms with Gasteiger partial charge in [0.1, 0.15) is 0 Å². The van der Waals surface area contributed by atoms with Gasteiger partial charge < -0.3 is 5.73 Å². The molecule has 1 rings (SSSR count). The van der Waals surface area contributed by atoms with Crippen molar-refractivity contribution in [3.8, 4) is 0 Å². The number of benzene rings is 1.